The highest BCUT2D eigenvalue weighted by molar-refractivity contribution is 6.33. The molecule has 0 amide bonds. The van der Waals surface area contributed by atoms with Crippen molar-refractivity contribution in [2.45, 2.75) is 26.2 Å². The van der Waals surface area contributed by atoms with Crippen LogP contribution in [0.15, 0.2) is 6.07 Å². The Balaban J connectivity index is 2.45. The average molecular weight is 256 g/mol. The second-order valence-electron chi connectivity index (χ2n) is 4.42. The minimum absolute atomic E-state index is 0.336. The van der Waals surface area contributed by atoms with E-state index in [4.69, 9.17) is 26.8 Å². The smallest absolute Gasteiger partial charge is 0.180 e. The maximum absolute atomic E-state index is 6.42. The topological polar surface area (TPSA) is 44.5 Å². The van der Waals surface area contributed by atoms with Crippen LogP contribution in [-0.2, 0) is 0 Å². The highest BCUT2D eigenvalue weighted by Crippen LogP contribution is 2.44. The van der Waals surface area contributed by atoms with Crippen LogP contribution in [0.3, 0.4) is 0 Å². The van der Waals surface area contributed by atoms with Crippen LogP contribution in [0.5, 0.6) is 11.5 Å². The maximum Gasteiger partial charge on any atom is 0.180 e. The Labute approximate surface area is 107 Å². The fraction of sp³-hybridized carbons (Fsp3) is 0.538. The SMILES string of the molecule is Cc1cc2c(c(Cl)c1C(C)CCN)OCCO2. The first kappa shape index (κ1) is 12.5. The van der Waals surface area contributed by atoms with Gasteiger partial charge in [0.25, 0.3) is 0 Å². The van der Waals surface area contributed by atoms with Crippen molar-refractivity contribution in [1.82, 2.24) is 0 Å². The average Bonchev–Trinajstić information content (AvgIpc) is 2.29. The normalized spacial score (nSPS) is 15.8. The summed E-state index contributed by atoms with van der Waals surface area (Å²) in [7, 11) is 0. The first-order chi connectivity index (χ1) is 8.15. The van der Waals surface area contributed by atoms with Gasteiger partial charge in [0.1, 0.15) is 13.2 Å². The lowest BCUT2D eigenvalue weighted by molar-refractivity contribution is 0.171. The van der Waals surface area contributed by atoms with Gasteiger partial charge in [-0.25, -0.2) is 0 Å². The van der Waals surface area contributed by atoms with E-state index in [0.717, 1.165) is 23.3 Å². The lowest BCUT2D eigenvalue weighted by Crippen LogP contribution is -2.17. The summed E-state index contributed by atoms with van der Waals surface area (Å²) in [6, 6.07) is 2.00. The van der Waals surface area contributed by atoms with Gasteiger partial charge in [0.15, 0.2) is 11.5 Å². The molecule has 94 valence electrons. The van der Waals surface area contributed by atoms with Crippen molar-refractivity contribution in [3.05, 3.63) is 22.2 Å². The number of halogens is 1. The van der Waals surface area contributed by atoms with Crippen molar-refractivity contribution < 1.29 is 9.47 Å². The van der Waals surface area contributed by atoms with E-state index in [2.05, 4.69) is 6.92 Å². The molecule has 0 aromatic heterocycles. The summed E-state index contributed by atoms with van der Waals surface area (Å²) < 4.78 is 11.1. The van der Waals surface area contributed by atoms with Crippen LogP contribution in [0.25, 0.3) is 0 Å². The fourth-order valence-electron chi connectivity index (χ4n) is 2.28. The third-order valence-electron chi connectivity index (χ3n) is 3.11. The van der Waals surface area contributed by atoms with Gasteiger partial charge in [-0.05, 0) is 43.0 Å². The minimum Gasteiger partial charge on any atom is -0.486 e. The number of nitrogens with two attached hydrogens (primary N) is 1. The number of fused-ring (bicyclic) bond motifs is 1. The first-order valence-corrected chi connectivity index (χ1v) is 6.31. The van der Waals surface area contributed by atoms with Crippen molar-refractivity contribution in [2.75, 3.05) is 19.8 Å². The molecule has 0 aliphatic carbocycles. The van der Waals surface area contributed by atoms with Gasteiger partial charge < -0.3 is 15.2 Å². The van der Waals surface area contributed by atoms with Crippen LogP contribution in [0.4, 0.5) is 0 Å². The molecule has 17 heavy (non-hydrogen) atoms. The quantitative estimate of drug-likeness (QED) is 0.903. The summed E-state index contributed by atoms with van der Waals surface area (Å²) in [5, 5.41) is 0.681. The predicted octanol–water partition coefficient (Wildman–Crippen LogP) is 2.87. The predicted molar refractivity (Wildman–Crippen MR) is 69.3 cm³/mol. The molecule has 2 N–H and O–H groups in total. The molecule has 1 unspecified atom stereocenters. The molecule has 1 aromatic rings. The molecule has 4 heteroatoms. The lowest BCUT2D eigenvalue weighted by atomic mass is 9.93. The fourth-order valence-corrected chi connectivity index (χ4v) is 2.76. The highest BCUT2D eigenvalue weighted by Gasteiger charge is 2.22. The Morgan fingerprint density at radius 2 is 2.12 bits per heavy atom. The Bertz CT molecular complexity index is 420. The molecule has 0 radical (unpaired) electrons. The molecule has 1 heterocycles. The van der Waals surface area contributed by atoms with Crippen LogP contribution < -0.4 is 15.2 Å². The Hall–Kier alpha value is -0.930. The van der Waals surface area contributed by atoms with Crippen LogP contribution >= 0.6 is 11.6 Å². The number of hydrogen-bond donors (Lipinski definition) is 1. The van der Waals surface area contributed by atoms with Crippen LogP contribution in [0, 0.1) is 6.92 Å². The second kappa shape index (κ2) is 5.15. The molecule has 0 saturated carbocycles. The van der Waals surface area contributed by atoms with E-state index in [9.17, 15) is 0 Å². The molecule has 1 aliphatic rings. The summed E-state index contributed by atoms with van der Waals surface area (Å²) in [5.74, 6) is 1.77. The second-order valence-corrected chi connectivity index (χ2v) is 4.80. The number of aryl methyl sites for hydroxylation is 1. The van der Waals surface area contributed by atoms with E-state index in [1.165, 1.54) is 0 Å². The monoisotopic (exact) mass is 255 g/mol. The van der Waals surface area contributed by atoms with Crippen molar-refractivity contribution in [3.8, 4) is 11.5 Å². The highest BCUT2D eigenvalue weighted by atomic mass is 35.5. The van der Waals surface area contributed by atoms with Gasteiger partial charge in [0.2, 0.25) is 0 Å². The largest absolute Gasteiger partial charge is 0.486 e. The summed E-state index contributed by atoms with van der Waals surface area (Å²) in [6.07, 6.45) is 0.917. The third-order valence-corrected chi connectivity index (χ3v) is 3.49. The Morgan fingerprint density at radius 3 is 2.82 bits per heavy atom. The van der Waals surface area contributed by atoms with Gasteiger partial charge in [-0.15, -0.1) is 0 Å². The van der Waals surface area contributed by atoms with Crippen molar-refractivity contribution in [3.63, 3.8) is 0 Å². The van der Waals surface area contributed by atoms with Crippen LogP contribution in [-0.4, -0.2) is 19.8 Å². The summed E-state index contributed by atoms with van der Waals surface area (Å²) in [5.41, 5.74) is 7.87. The lowest BCUT2D eigenvalue weighted by Gasteiger charge is -2.24. The zero-order chi connectivity index (χ0) is 12.4. The summed E-state index contributed by atoms with van der Waals surface area (Å²) in [6.45, 7) is 5.98. The molecule has 2 rings (SSSR count). The van der Waals surface area contributed by atoms with E-state index in [-0.39, 0.29) is 0 Å². The van der Waals surface area contributed by atoms with E-state index >= 15 is 0 Å². The maximum atomic E-state index is 6.42. The Kier molecular flexibility index (Phi) is 3.79. The van der Waals surface area contributed by atoms with Crippen molar-refractivity contribution in [2.24, 2.45) is 5.73 Å². The summed E-state index contributed by atoms with van der Waals surface area (Å²) in [4.78, 5) is 0. The molecule has 1 aliphatic heterocycles. The minimum atomic E-state index is 0.336. The van der Waals surface area contributed by atoms with Crippen LogP contribution in [0.2, 0.25) is 5.02 Å². The number of ether oxygens (including phenoxy) is 2. The Morgan fingerprint density at radius 1 is 1.41 bits per heavy atom. The molecule has 0 spiro atoms. The molecule has 1 aromatic carbocycles. The van der Waals surface area contributed by atoms with Crippen LogP contribution in [0.1, 0.15) is 30.4 Å². The number of benzene rings is 1. The first-order valence-electron chi connectivity index (χ1n) is 5.93. The molecular weight excluding hydrogens is 238 g/mol. The summed E-state index contributed by atoms with van der Waals surface area (Å²) >= 11 is 6.42. The standard InChI is InChI=1S/C13H18ClNO2/c1-8(3-4-15)11-9(2)7-10-13(12(11)14)17-6-5-16-10/h7-8H,3-6,15H2,1-2H3. The van der Waals surface area contributed by atoms with Gasteiger partial charge in [0, 0.05) is 0 Å². The molecular formula is C13H18ClNO2. The molecule has 0 saturated heterocycles. The van der Waals surface area contributed by atoms with E-state index < -0.39 is 0 Å². The van der Waals surface area contributed by atoms with Gasteiger partial charge in [-0.2, -0.15) is 0 Å². The van der Waals surface area contributed by atoms with Gasteiger partial charge in [0.05, 0.1) is 5.02 Å². The molecule has 0 fully saturated rings. The van der Waals surface area contributed by atoms with Gasteiger partial charge in [-0.1, -0.05) is 18.5 Å². The zero-order valence-electron chi connectivity index (χ0n) is 10.3. The number of hydrogen-bond acceptors (Lipinski definition) is 3. The van der Waals surface area contributed by atoms with E-state index in [0.29, 0.717) is 36.4 Å². The molecule has 0 bridgehead atoms. The van der Waals surface area contributed by atoms with Crippen molar-refractivity contribution in [1.29, 1.82) is 0 Å². The van der Waals surface area contributed by atoms with E-state index in [1.807, 2.05) is 13.0 Å². The van der Waals surface area contributed by atoms with E-state index in [1.54, 1.807) is 0 Å². The van der Waals surface area contributed by atoms with Gasteiger partial charge in [-0.3, -0.25) is 0 Å². The zero-order valence-corrected chi connectivity index (χ0v) is 11.0. The number of rotatable bonds is 3. The van der Waals surface area contributed by atoms with Crippen molar-refractivity contribution >= 4 is 11.6 Å². The molecule has 1 atom stereocenters. The molecule has 3 nitrogen and oxygen atoms in total. The third kappa shape index (κ3) is 2.35. The van der Waals surface area contributed by atoms with Gasteiger partial charge >= 0.3 is 0 Å².